The number of carbonyl (C=O) groups excluding carboxylic acids is 1. The van der Waals surface area contributed by atoms with E-state index in [0.29, 0.717) is 17.6 Å². The molecule has 2 bridgehead atoms. The van der Waals surface area contributed by atoms with Gasteiger partial charge < -0.3 is 0 Å². The van der Waals surface area contributed by atoms with Crippen LogP contribution >= 0.6 is 0 Å². The molecule has 94 valence electrons. The first-order valence-corrected chi connectivity index (χ1v) is 6.75. The summed E-state index contributed by atoms with van der Waals surface area (Å²) in [7, 11) is 0. The van der Waals surface area contributed by atoms with Crippen LogP contribution in [-0.4, -0.2) is 5.78 Å². The summed E-state index contributed by atoms with van der Waals surface area (Å²) >= 11 is 0. The van der Waals surface area contributed by atoms with Gasteiger partial charge in [0.15, 0.2) is 0 Å². The van der Waals surface area contributed by atoms with Crippen molar-refractivity contribution in [2.45, 2.75) is 33.1 Å². The van der Waals surface area contributed by atoms with Gasteiger partial charge in [0, 0.05) is 11.3 Å². The lowest BCUT2D eigenvalue weighted by molar-refractivity contribution is -0.143. The van der Waals surface area contributed by atoms with Crippen LogP contribution in [0.25, 0.3) is 0 Å². The van der Waals surface area contributed by atoms with E-state index in [1.54, 1.807) is 0 Å². The standard InChI is InChI=1S/C17H20O/c1-16(2)13-9-10-17(3,15(16)18)14(11-13)12-7-5-4-6-8-12/h4-10,13-14H,11H2,1-3H3/t13-,14+,17+/m0/s1. The van der Waals surface area contributed by atoms with Gasteiger partial charge in [0.25, 0.3) is 0 Å². The normalized spacial score (nSPS) is 36.9. The summed E-state index contributed by atoms with van der Waals surface area (Å²) in [6.07, 6.45) is 5.52. The van der Waals surface area contributed by atoms with Crippen LogP contribution in [-0.2, 0) is 4.79 Å². The molecule has 0 amide bonds. The summed E-state index contributed by atoms with van der Waals surface area (Å²) in [4.78, 5) is 12.8. The Balaban J connectivity index is 2.08. The van der Waals surface area contributed by atoms with Crippen molar-refractivity contribution in [2.24, 2.45) is 16.7 Å². The fourth-order valence-corrected chi connectivity index (χ4v) is 3.81. The monoisotopic (exact) mass is 240 g/mol. The van der Waals surface area contributed by atoms with Gasteiger partial charge in [-0.05, 0) is 24.8 Å². The van der Waals surface area contributed by atoms with Crippen molar-refractivity contribution in [3.63, 3.8) is 0 Å². The van der Waals surface area contributed by atoms with E-state index >= 15 is 0 Å². The molecule has 0 N–H and O–H groups in total. The summed E-state index contributed by atoms with van der Waals surface area (Å²) in [6.45, 7) is 6.31. The number of Topliss-reactive ketones (excluding diaryl/α,β-unsaturated/α-hetero) is 1. The van der Waals surface area contributed by atoms with Crippen molar-refractivity contribution in [1.82, 2.24) is 0 Å². The molecule has 0 heterocycles. The Morgan fingerprint density at radius 3 is 2.44 bits per heavy atom. The van der Waals surface area contributed by atoms with Gasteiger partial charge >= 0.3 is 0 Å². The van der Waals surface area contributed by atoms with Crippen LogP contribution in [0.5, 0.6) is 0 Å². The first-order valence-electron chi connectivity index (χ1n) is 6.75. The molecule has 3 aliphatic carbocycles. The first kappa shape index (κ1) is 11.7. The number of benzene rings is 1. The Morgan fingerprint density at radius 1 is 1.11 bits per heavy atom. The number of carbonyl (C=O) groups is 1. The van der Waals surface area contributed by atoms with Crippen LogP contribution in [0.4, 0.5) is 0 Å². The minimum atomic E-state index is -0.320. The van der Waals surface area contributed by atoms with E-state index in [1.807, 2.05) is 6.07 Å². The second-order valence-electron chi connectivity index (χ2n) is 6.50. The van der Waals surface area contributed by atoms with Gasteiger partial charge in [-0.25, -0.2) is 0 Å². The van der Waals surface area contributed by atoms with Gasteiger partial charge in [-0.2, -0.15) is 0 Å². The molecule has 0 spiro atoms. The summed E-state index contributed by atoms with van der Waals surface area (Å²) in [5.41, 5.74) is 0.784. The van der Waals surface area contributed by atoms with Gasteiger partial charge in [0.1, 0.15) is 5.78 Å². The smallest absolute Gasteiger partial charge is 0.149 e. The van der Waals surface area contributed by atoms with Crippen molar-refractivity contribution >= 4 is 5.78 Å². The number of hydrogen-bond donors (Lipinski definition) is 0. The van der Waals surface area contributed by atoms with Crippen molar-refractivity contribution in [3.8, 4) is 0 Å². The zero-order valence-corrected chi connectivity index (χ0v) is 11.3. The van der Waals surface area contributed by atoms with Crippen molar-refractivity contribution in [1.29, 1.82) is 0 Å². The summed E-state index contributed by atoms with van der Waals surface area (Å²) < 4.78 is 0. The van der Waals surface area contributed by atoms with Gasteiger partial charge in [-0.1, -0.05) is 56.3 Å². The molecule has 1 heteroatoms. The van der Waals surface area contributed by atoms with E-state index in [4.69, 9.17) is 0 Å². The Hall–Kier alpha value is -1.37. The van der Waals surface area contributed by atoms with E-state index in [-0.39, 0.29) is 10.8 Å². The zero-order valence-electron chi connectivity index (χ0n) is 11.3. The lowest BCUT2D eigenvalue weighted by Crippen LogP contribution is -2.53. The van der Waals surface area contributed by atoms with Gasteiger partial charge in [0.2, 0.25) is 0 Å². The van der Waals surface area contributed by atoms with Crippen molar-refractivity contribution in [3.05, 3.63) is 48.0 Å². The van der Waals surface area contributed by atoms with E-state index in [0.717, 1.165) is 6.42 Å². The molecule has 1 aromatic carbocycles. The Kier molecular flexibility index (Phi) is 2.32. The van der Waals surface area contributed by atoms with Crippen LogP contribution in [0.3, 0.4) is 0 Å². The van der Waals surface area contributed by atoms with Crippen LogP contribution in [0, 0.1) is 16.7 Å². The molecule has 1 fully saturated rings. The third-order valence-electron chi connectivity index (χ3n) is 5.09. The molecule has 4 rings (SSSR count). The van der Waals surface area contributed by atoms with E-state index in [1.165, 1.54) is 5.56 Å². The Labute approximate surface area is 109 Å². The van der Waals surface area contributed by atoms with Gasteiger partial charge in [0.05, 0.1) is 5.41 Å². The number of ketones is 1. The number of fused-ring (bicyclic) bond motifs is 2. The molecule has 0 radical (unpaired) electrons. The maximum atomic E-state index is 12.8. The predicted octanol–water partition coefficient (Wildman–Crippen LogP) is 3.96. The quantitative estimate of drug-likeness (QED) is 0.679. The van der Waals surface area contributed by atoms with Gasteiger partial charge in [-0.15, -0.1) is 0 Å². The fourth-order valence-electron chi connectivity index (χ4n) is 3.81. The second-order valence-corrected chi connectivity index (χ2v) is 6.50. The topological polar surface area (TPSA) is 17.1 Å². The maximum absolute atomic E-state index is 12.8. The first-order chi connectivity index (χ1) is 8.46. The largest absolute Gasteiger partial charge is 0.298 e. The average molecular weight is 240 g/mol. The molecule has 0 saturated heterocycles. The molecule has 0 aromatic heterocycles. The van der Waals surface area contributed by atoms with E-state index in [9.17, 15) is 4.79 Å². The third-order valence-corrected chi connectivity index (χ3v) is 5.09. The average Bonchev–Trinajstić information content (AvgIpc) is 2.37. The van der Waals surface area contributed by atoms with Crippen molar-refractivity contribution < 1.29 is 4.79 Å². The lowest BCUT2D eigenvalue weighted by atomic mass is 9.49. The minimum absolute atomic E-state index is 0.200. The molecule has 0 unspecified atom stereocenters. The Morgan fingerprint density at radius 2 is 1.78 bits per heavy atom. The molecule has 18 heavy (non-hydrogen) atoms. The zero-order chi connectivity index (χ0) is 13.0. The van der Waals surface area contributed by atoms with Crippen molar-refractivity contribution in [2.75, 3.05) is 0 Å². The number of allylic oxidation sites excluding steroid dienone is 2. The highest BCUT2D eigenvalue weighted by atomic mass is 16.1. The van der Waals surface area contributed by atoms with Crippen LogP contribution in [0.15, 0.2) is 42.5 Å². The molecule has 1 saturated carbocycles. The van der Waals surface area contributed by atoms with E-state index in [2.05, 4.69) is 57.2 Å². The highest BCUT2D eigenvalue weighted by molar-refractivity contribution is 5.94. The molecule has 1 nitrogen and oxygen atoms in total. The number of hydrogen-bond acceptors (Lipinski definition) is 1. The van der Waals surface area contributed by atoms with Gasteiger partial charge in [-0.3, -0.25) is 4.79 Å². The lowest BCUT2D eigenvalue weighted by Gasteiger charge is -2.53. The fraction of sp³-hybridized carbons (Fsp3) is 0.471. The maximum Gasteiger partial charge on any atom is 0.149 e. The molecular weight excluding hydrogens is 220 g/mol. The molecule has 3 atom stereocenters. The Bertz CT molecular complexity index is 512. The predicted molar refractivity (Wildman–Crippen MR) is 73.3 cm³/mol. The second kappa shape index (κ2) is 3.57. The highest BCUT2D eigenvalue weighted by Crippen LogP contribution is 2.58. The molecule has 3 aliphatic rings. The molecule has 1 aromatic rings. The van der Waals surface area contributed by atoms with E-state index < -0.39 is 0 Å². The number of rotatable bonds is 1. The summed E-state index contributed by atoms with van der Waals surface area (Å²) in [5.74, 6) is 1.13. The summed E-state index contributed by atoms with van der Waals surface area (Å²) in [5, 5.41) is 0. The third kappa shape index (κ3) is 1.36. The van der Waals surface area contributed by atoms with Crippen LogP contribution in [0.1, 0.15) is 38.7 Å². The molecular formula is C17H20O. The van der Waals surface area contributed by atoms with Crippen LogP contribution < -0.4 is 0 Å². The summed E-state index contributed by atoms with van der Waals surface area (Å²) in [6, 6.07) is 10.5. The van der Waals surface area contributed by atoms with Crippen LogP contribution in [0.2, 0.25) is 0 Å². The highest BCUT2D eigenvalue weighted by Gasteiger charge is 2.56. The molecule has 0 aliphatic heterocycles. The minimum Gasteiger partial charge on any atom is -0.298 e. The SMILES string of the molecule is CC1(C)C(=O)[C@]2(C)C=C[C@H]1C[C@@H]2c1ccccc1.